The molecule has 0 aliphatic heterocycles. The Morgan fingerprint density at radius 3 is 2.60 bits per heavy atom. The summed E-state index contributed by atoms with van der Waals surface area (Å²) in [6.07, 6.45) is 4.72. The lowest BCUT2D eigenvalue weighted by atomic mass is 10.2. The summed E-state index contributed by atoms with van der Waals surface area (Å²) >= 11 is 0. The maximum Gasteiger partial charge on any atom is 0.270 e. The molecule has 0 spiro atoms. The monoisotopic (exact) mass is 340 g/mol. The minimum Gasteiger partial charge on any atom is -0.351 e. The Morgan fingerprint density at radius 2 is 1.92 bits per heavy atom. The van der Waals surface area contributed by atoms with E-state index in [1.807, 2.05) is 18.2 Å². The average Bonchev–Trinajstić information content (AvgIpc) is 2.64. The summed E-state index contributed by atoms with van der Waals surface area (Å²) < 4.78 is 0. The van der Waals surface area contributed by atoms with Gasteiger partial charge in [0.05, 0.1) is 0 Å². The highest BCUT2D eigenvalue weighted by Crippen LogP contribution is 2.18. The topological polar surface area (TPSA) is 58.1 Å². The number of nitrogens with one attached hydrogen (secondary N) is 1. The minimum absolute atomic E-state index is 0.136. The van der Waals surface area contributed by atoms with E-state index in [9.17, 15) is 4.79 Å². The summed E-state index contributed by atoms with van der Waals surface area (Å²) in [6.45, 7) is 7.81. The van der Waals surface area contributed by atoms with E-state index in [2.05, 4.69) is 53.1 Å². The predicted molar refractivity (Wildman–Crippen MR) is 102 cm³/mol. The van der Waals surface area contributed by atoms with E-state index in [1.165, 1.54) is 11.9 Å². The van der Waals surface area contributed by atoms with Crippen LogP contribution in [0.15, 0.2) is 42.7 Å². The van der Waals surface area contributed by atoms with Crippen LogP contribution in [0.4, 0.5) is 5.82 Å². The SMILES string of the molecule is CCCCCNC(=O)c1cc(N(Cc2ccccc2)C(C)C)ncn1. The zero-order valence-corrected chi connectivity index (χ0v) is 15.4. The van der Waals surface area contributed by atoms with Gasteiger partial charge < -0.3 is 10.2 Å². The van der Waals surface area contributed by atoms with Crippen LogP contribution in [-0.4, -0.2) is 28.5 Å². The molecule has 1 amide bonds. The van der Waals surface area contributed by atoms with Crippen LogP contribution in [0.1, 0.15) is 56.1 Å². The molecular formula is C20H28N4O. The van der Waals surface area contributed by atoms with E-state index in [0.717, 1.165) is 31.6 Å². The van der Waals surface area contributed by atoms with Crippen LogP contribution in [0.25, 0.3) is 0 Å². The maximum absolute atomic E-state index is 12.3. The van der Waals surface area contributed by atoms with Gasteiger partial charge in [-0.05, 0) is 25.8 Å². The number of amides is 1. The van der Waals surface area contributed by atoms with Crippen molar-refractivity contribution in [3.8, 4) is 0 Å². The lowest BCUT2D eigenvalue weighted by molar-refractivity contribution is 0.0948. The Bertz CT molecular complexity index is 658. The Hall–Kier alpha value is -2.43. The third-order valence-electron chi connectivity index (χ3n) is 4.06. The number of hydrogen-bond acceptors (Lipinski definition) is 4. The Balaban J connectivity index is 2.10. The fourth-order valence-corrected chi connectivity index (χ4v) is 2.60. The molecule has 0 saturated heterocycles. The number of carbonyl (C=O) groups is 1. The standard InChI is InChI=1S/C20H28N4O/c1-4-5-9-12-21-20(25)18-13-19(23-15-22-18)24(16(2)3)14-17-10-7-6-8-11-17/h6-8,10-11,13,15-16H,4-5,9,12,14H2,1-3H3,(H,21,25). The molecule has 0 bridgehead atoms. The molecule has 2 aromatic rings. The van der Waals surface area contributed by atoms with Gasteiger partial charge >= 0.3 is 0 Å². The lowest BCUT2D eigenvalue weighted by Gasteiger charge is -2.28. The second kappa shape index (κ2) is 9.77. The average molecular weight is 340 g/mol. The van der Waals surface area contributed by atoms with Crippen molar-refractivity contribution in [3.05, 3.63) is 54.0 Å². The Morgan fingerprint density at radius 1 is 1.16 bits per heavy atom. The van der Waals surface area contributed by atoms with Crippen molar-refractivity contribution in [2.75, 3.05) is 11.4 Å². The van der Waals surface area contributed by atoms with E-state index < -0.39 is 0 Å². The van der Waals surface area contributed by atoms with Gasteiger partial charge in [-0.25, -0.2) is 9.97 Å². The second-order valence-electron chi connectivity index (χ2n) is 6.43. The molecule has 1 heterocycles. The third kappa shape index (κ3) is 5.85. The van der Waals surface area contributed by atoms with Crippen molar-refractivity contribution in [1.29, 1.82) is 0 Å². The minimum atomic E-state index is -0.136. The number of anilines is 1. The molecule has 0 saturated carbocycles. The first kappa shape index (κ1) is 18.9. The van der Waals surface area contributed by atoms with Gasteiger partial charge in [0.15, 0.2) is 0 Å². The van der Waals surface area contributed by atoms with Gasteiger partial charge in [0.1, 0.15) is 17.8 Å². The number of hydrogen-bond donors (Lipinski definition) is 1. The molecule has 1 aromatic heterocycles. The molecule has 25 heavy (non-hydrogen) atoms. The van der Waals surface area contributed by atoms with Crippen LogP contribution >= 0.6 is 0 Å². The number of rotatable bonds is 9. The Kier molecular flexibility index (Phi) is 7.38. The molecule has 0 aliphatic rings. The summed E-state index contributed by atoms with van der Waals surface area (Å²) in [7, 11) is 0. The smallest absolute Gasteiger partial charge is 0.270 e. The molecular weight excluding hydrogens is 312 g/mol. The summed E-state index contributed by atoms with van der Waals surface area (Å²) in [5, 5.41) is 2.93. The molecule has 134 valence electrons. The third-order valence-corrected chi connectivity index (χ3v) is 4.06. The molecule has 1 N–H and O–H groups in total. The van der Waals surface area contributed by atoms with E-state index in [0.29, 0.717) is 12.2 Å². The Labute approximate surface area is 150 Å². The van der Waals surface area contributed by atoms with E-state index >= 15 is 0 Å². The van der Waals surface area contributed by atoms with Gasteiger partial charge in [-0.3, -0.25) is 4.79 Å². The fourth-order valence-electron chi connectivity index (χ4n) is 2.60. The first-order chi connectivity index (χ1) is 12.1. The lowest BCUT2D eigenvalue weighted by Crippen LogP contribution is -2.32. The highest BCUT2D eigenvalue weighted by Gasteiger charge is 2.15. The maximum atomic E-state index is 12.3. The van der Waals surface area contributed by atoms with Crippen molar-refractivity contribution >= 4 is 11.7 Å². The molecule has 0 aliphatic carbocycles. The number of carbonyl (C=O) groups excluding carboxylic acids is 1. The van der Waals surface area contributed by atoms with Gasteiger partial charge in [-0.1, -0.05) is 50.1 Å². The zero-order chi connectivity index (χ0) is 18.1. The molecule has 5 nitrogen and oxygen atoms in total. The number of nitrogens with zero attached hydrogens (tertiary/aromatic N) is 3. The first-order valence-corrected chi connectivity index (χ1v) is 9.02. The van der Waals surface area contributed by atoms with E-state index in [1.54, 1.807) is 6.07 Å². The van der Waals surface area contributed by atoms with E-state index in [4.69, 9.17) is 0 Å². The molecule has 5 heteroatoms. The van der Waals surface area contributed by atoms with Crippen LogP contribution < -0.4 is 10.2 Å². The van der Waals surface area contributed by atoms with Gasteiger partial charge in [0, 0.05) is 25.2 Å². The second-order valence-corrected chi connectivity index (χ2v) is 6.43. The van der Waals surface area contributed by atoms with Crippen LogP contribution in [-0.2, 0) is 6.54 Å². The van der Waals surface area contributed by atoms with Crippen molar-refractivity contribution < 1.29 is 4.79 Å². The van der Waals surface area contributed by atoms with Gasteiger partial charge in [0.2, 0.25) is 0 Å². The highest BCUT2D eigenvalue weighted by atomic mass is 16.1. The van der Waals surface area contributed by atoms with Gasteiger partial charge in [0.25, 0.3) is 5.91 Å². The zero-order valence-electron chi connectivity index (χ0n) is 15.4. The fraction of sp³-hybridized carbons (Fsp3) is 0.450. The number of aromatic nitrogens is 2. The molecule has 0 fully saturated rings. The summed E-state index contributed by atoms with van der Waals surface area (Å²) in [5.41, 5.74) is 1.63. The van der Waals surface area contributed by atoms with Crippen molar-refractivity contribution in [2.24, 2.45) is 0 Å². The molecule has 0 radical (unpaired) electrons. The normalized spacial score (nSPS) is 10.7. The first-order valence-electron chi connectivity index (χ1n) is 9.02. The molecule has 1 aromatic carbocycles. The summed E-state index contributed by atoms with van der Waals surface area (Å²) in [5.74, 6) is 0.635. The molecule has 0 atom stereocenters. The predicted octanol–water partition coefficient (Wildman–Crippen LogP) is 3.81. The number of benzene rings is 1. The molecule has 2 rings (SSSR count). The van der Waals surface area contributed by atoms with Crippen molar-refractivity contribution in [2.45, 2.75) is 52.6 Å². The van der Waals surface area contributed by atoms with Crippen LogP contribution in [0.3, 0.4) is 0 Å². The van der Waals surface area contributed by atoms with Crippen LogP contribution in [0.5, 0.6) is 0 Å². The highest BCUT2D eigenvalue weighted by molar-refractivity contribution is 5.92. The molecule has 0 unspecified atom stereocenters. The summed E-state index contributed by atoms with van der Waals surface area (Å²) in [4.78, 5) is 23.0. The quantitative estimate of drug-likeness (QED) is 0.705. The number of unbranched alkanes of at least 4 members (excludes halogenated alkanes) is 2. The van der Waals surface area contributed by atoms with E-state index in [-0.39, 0.29) is 11.9 Å². The van der Waals surface area contributed by atoms with Gasteiger partial charge in [-0.15, -0.1) is 0 Å². The largest absolute Gasteiger partial charge is 0.351 e. The summed E-state index contributed by atoms with van der Waals surface area (Å²) in [6, 6.07) is 12.3. The van der Waals surface area contributed by atoms with Crippen LogP contribution in [0, 0.1) is 0 Å². The van der Waals surface area contributed by atoms with Gasteiger partial charge in [-0.2, -0.15) is 0 Å². The van der Waals surface area contributed by atoms with Crippen molar-refractivity contribution in [1.82, 2.24) is 15.3 Å². The van der Waals surface area contributed by atoms with Crippen LogP contribution in [0.2, 0.25) is 0 Å². The van der Waals surface area contributed by atoms with Crippen molar-refractivity contribution in [3.63, 3.8) is 0 Å².